The normalized spacial score (nSPS) is 10.3. The van der Waals surface area contributed by atoms with Crippen LogP contribution in [-0.2, 0) is 0 Å². The highest BCUT2D eigenvalue weighted by atomic mass is 79.9. The van der Waals surface area contributed by atoms with Crippen LogP contribution in [0.3, 0.4) is 0 Å². The van der Waals surface area contributed by atoms with Crippen molar-refractivity contribution in [1.82, 2.24) is 0 Å². The summed E-state index contributed by atoms with van der Waals surface area (Å²) in [4.78, 5) is 11.8. The molecule has 0 unspecified atom stereocenters. The van der Waals surface area contributed by atoms with Crippen LogP contribution in [0.15, 0.2) is 39.4 Å². The number of carbonyl (C=O) groups is 1. The van der Waals surface area contributed by atoms with Gasteiger partial charge in [0.2, 0.25) is 0 Å². The Hall–Kier alpha value is -1.26. The average Bonchev–Trinajstić information content (AvgIpc) is 2.76. The zero-order valence-electron chi connectivity index (χ0n) is 8.96. The van der Waals surface area contributed by atoms with E-state index in [-0.39, 0.29) is 11.7 Å². The maximum Gasteiger partial charge on any atom is 0.291 e. The molecule has 1 N–H and O–H groups in total. The quantitative estimate of drug-likeness (QED) is 0.900. The van der Waals surface area contributed by atoms with Gasteiger partial charge in [0.25, 0.3) is 5.91 Å². The van der Waals surface area contributed by atoms with Crippen molar-refractivity contribution in [2.24, 2.45) is 0 Å². The first-order valence-electron chi connectivity index (χ1n) is 4.88. The molecule has 0 saturated carbocycles. The first-order valence-corrected chi connectivity index (χ1v) is 6.05. The van der Waals surface area contributed by atoms with Crippen molar-refractivity contribution in [2.75, 3.05) is 5.32 Å². The molecule has 0 saturated heterocycles. The van der Waals surface area contributed by atoms with Crippen molar-refractivity contribution < 1.29 is 9.21 Å². The molecule has 1 aromatic carbocycles. The second-order valence-electron chi connectivity index (χ2n) is 3.51. The van der Waals surface area contributed by atoms with E-state index in [9.17, 15) is 4.79 Å². The van der Waals surface area contributed by atoms with Gasteiger partial charge in [-0.05, 0) is 36.8 Å². The predicted octanol–water partition coefficient (Wildman–Crippen LogP) is 4.26. The summed E-state index contributed by atoms with van der Waals surface area (Å²) in [6.45, 7) is 1.87. The van der Waals surface area contributed by atoms with Gasteiger partial charge in [0.1, 0.15) is 0 Å². The lowest BCUT2D eigenvalue weighted by atomic mass is 10.2. The lowest BCUT2D eigenvalue weighted by Crippen LogP contribution is -2.12. The van der Waals surface area contributed by atoms with E-state index < -0.39 is 0 Å². The van der Waals surface area contributed by atoms with Gasteiger partial charge in [-0.25, -0.2) is 0 Å². The predicted molar refractivity (Wildman–Crippen MR) is 70.6 cm³/mol. The van der Waals surface area contributed by atoms with Crippen molar-refractivity contribution in [3.63, 3.8) is 0 Å². The zero-order chi connectivity index (χ0) is 12.4. The molecule has 0 aliphatic heterocycles. The number of halogens is 2. The smallest absolute Gasteiger partial charge is 0.291 e. The Balaban J connectivity index is 2.28. The van der Waals surface area contributed by atoms with E-state index in [1.165, 1.54) is 6.26 Å². The molecule has 0 atom stereocenters. The summed E-state index contributed by atoms with van der Waals surface area (Å²) in [6, 6.07) is 6.86. The largest absolute Gasteiger partial charge is 0.459 e. The van der Waals surface area contributed by atoms with E-state index in [1.807, 2.05) is 13.0 Å². The number of rotatable bonds is 2. The van der Waals surface area contributed by atoms with E-state index in [1.54, 1.807) is 18.2 Å². The third kappa shape index (κ3) is 2.70. The minimum absolute atomic E-state index is 0.253. The monoisotopic (exact) mass is 313 g/mol. The summed E-state index contributed by atoms with van der Waals surface area (Å²) in [5.41, 5.74) is 1.47. The van der Waals surface area contributed by atoms with Crippen LogP contribution in [0.2, 0.25) is 5.02 Å². The van der Waals surface area contributed by atoms with Crippen LogP contribution >= 0.6 is 27.5 Å². The molecule has 0 aliphatic carbocycles. The fourth-order valence-electron chi connectivity index (χ4n) is 1.44. The van der Waals surface area contributed by atoms with Gasteiger partial charge >= 0.3 is 0 Å². The Morgan fingerprint density at radius 3 is 2.82 bits per heavy atom. The Morgan fingerprint density at radius 1 is 1.47 bits per heavy atom. The Kier molecular flexibility index (Phi) is 3.54. The Morgan fingerprint density at radius 2 is 2.24 bits per heavy atom. The summed E-state index contributed by atoms with van der Waals surface area (Å²) < 4.78 is 5.88. The van der Waals surface area contributed by atoms with Crippen LogP contribution in [0, 0.1) is 6.92 Å². The van der Waals surface area contributed by atoms with Crippen LogP contribution in [0.25, 0.3) is 0 Å². The van der Waals surface area contributed by atoms with Gasteiger partial charge in [-0.2, -0.15) is 0 Å². The first-order chi connectivity index (χ1) is 8.08. The number of anilines is 1. The molecule has 0 spiro atoms. The fraction of sp³-hybridized carbons (Fsp3) is 0.0833. The summed E-state index contributed by atoms with van der Waals surface area (Å²) in [5.74, 6) is -0.0642. The van der Waals surface area contributed by atoms with E-state index in [0.717, 1.165) is 10.0 Å². The standard InChI is InChI=1S/C12H9BrClNO2/c1-7-5-8(13)6-9(14)11(7)15-12(16)10-3-2-4-17-10/h2-6H,1H3,(H,15,16). The highest BCUT2D eigenvalue weighted by molar-refractivity contribution is 9.10. The molecular formula is C12H9BrClNO2. The summed E-state index contributed by atoms with van der Waals surface area (Å²) >= 11 is 9.40. The number of benzene rings is 1. The highest BCUT2D eigenvalue weighted by Crippen LogP contribution is 2.30. The second kappa shape index (κ2) is 4.94. The van der Waals surface area contributed by atoms with Crippen molar-refractivity contribution >= 4 is 39.1 Å². The van der Waals surface area contributed by atoms with Crippen LogP contribution in [0.1, 0.15) is 16.1 Å². The summed E-state index contributed by atoms with van der Waals surface area (Å²) in [7, 11) is 0. The Bertz CT molecular complexity index is 529. The van der Waals surface area contributed by atoms with Gasteiger partial charge in [-0.3, -0.25) is 4.79 Å². The molecule has 2 rings (SSSR count). The topological polar surface area (TPSA) is 42.2 Å². The molecule has 1 aromatic heterocycles. The van der Waals surface area contributed by atoms with E-state index in [2.05, 4.69) is 21.2 Å². The molecule has 1 heterocycles. The summed E-state index contributed by atoms with van der Waals surface area (Å²) in [6.07, 6.45) is 1.45. The Labute approximate surface area is 112 Å². The molecular weight excluding hydrogens is 305 g/mol. The third-order valence-corrected chi connectivity index (χ3v) is 2.99. The summed E-state index contributed by atoms with van der Waals surface area (Å²) in [5, 5.41) is 3.21. The molecule has 0 radical (unpaired) electrons. The molecule has 3 nitrogen and oxygen atoms in total. The lowest BCUT2D eigenvalue weighted by Gasteiger charge is -2.09. The number of amides is 1. The molecule has 1 amide bonds. The molecule has 5 heteroatoms. The van der Waals surface area contributed by atoms with Crippen molar-refractivity contribution in [1.29, 1.82) is 0 Å². The van der Waals surface area contributed by atoms with Gasteiger partial charge in [0, 0.05) is 4.47 Å². The van der Waals surface area contributed by atoms with Crippen LogP contribution < -0.4 is 5.32 Å². The van der Waals surface area contributed by atoms with E-state index >= 15 is 0 Å². The highest BCUT2D eigenvalue weighted by Gasteiger charge is 2.13. The van der Waals surface area contributed by atoms with Crippen molar-refractivity contribution in [3.8, 4) is 0 Å². The molecule has 0 bridgehead atoms. The number of furan rings is 1. The van der Waals surface area contributed by atoms with Gasteiger partial charge in [0.15, 0.2) is 5.76 Å². The van der Waals surface area contributed by atoms with E-state index in [0.29, 0.717) is 10.7 Å². The molecule has 2 aromatic rings. The SMILES string of the molecule is Cc1cc(Br)cc(Cl)c1NC(=O)c1ccco1. The second-order valence-corrected chi connectivity index (χ2v) is 4.83. The molecule has 17 heavy (non-hydrogen) atoms. The number of hydrogen-bond acceptors (Lipinski definition) is 2. The first kappa shape index (κ1) is 12.2. The lowest BCUT2D eigenvalue weighted by molar-refractivity contribution is 0.0996. The number of aryl methyl sites for hydroxylation is 1. The maximum atomic E-state index is 11.8. The van der Waals surface area contributed by atoms with Crippen LogP contribution in [0.4, 0.5) is 5.69 Å². The molecule has 88 valence electrons. The third-order valence-electron chi connectivity index (χ3n) is 2.24. The molecule has 0 aliphatic rings. The van der Waals surface area contributed by atoms with Gasteiger partial charge in [-0.1, -0.05) is 27.5 Å². The number of carbonyl (C=O) groups excluding carboxylic acids is 1. The van der Waals surface area contributed by atoms with Crippen molar-refractivity contribution in [2.45, 2.75) is 6.92 Å². The van der Waals surface area contributed by atoms with Gasteiger partial charge in [-0.15, -0.1) is 0 Å². The van der Waals surface area contributed by atoms with Crippen LogP contribution in [0.5, 0.6) is 0 Å². The number of hydrogen-bond donors (Lipinski definition) is 1. The minimum Gasteiger partial charge on any atom is -0.459 e. The fourth-order valence-corrected chi connectivity index (χ4v) is 2.46. The zero-order valence-corrected chi connectivity index (χ0v) is 11.3. The number of nitrogens with one attached hydrogen (secondary N) is 1. The van der Waals surface area contributed by atoms with Crippen molar-refractivity contribution in [3.05, 3.63) is 51.3 Å². The average molecular weight is 315 g/mol. The maximum absolute atomic E-state index is 11.8. The van der Waals surface area contributed by atoms with Gasteiger partial charge in [0.05, 0.1) is 17.0 Å². The minimum atomic E-state index is -0.317. The van der Waals surface area contributed by atoms with E-state index in [4.69, 9.17) is 16.0 Å². The molecule has 0 fully saturated rings. The van der Waals surface area contributed by atoms with Gasteiger partial charge < -0.3 is 9.73 Å². The van der Waals surface area contributed by atoms with Crippen LogP contribution in [-0.4, -0.2) is 5.91 Å².